The Hall–Kier alpha value is -3.93. The van der Waals surface area contributed by atoms with Crippen LogP contribution in [0.1, 0.15) is 213 Å². The van der Waals surface area contributed by atoms with Crippen LogP contribution >= 0.6 is 0 Å². The SMILES string of the molecule is CC/C=C\C/C=C\C/C=C\C/C=C\C/C=C\CC(=O)OC(COC(=O)CCCCCCC/C=C\C/C=C\CCCC)COC(=O)CCCCCCC/C=C\C/C=C\CCCCCC. The van der Waals surface area contributed by atoms with Gasteiger partial charge in [-0.25, -0.2) is 0 Å². The van der Waals surface area contributed by atoms with Gasteiger partial charge in [0.2, 0.25) is 0 Å². The Morgan fingerprint density at radius 2 is 0.683 bits per heavy atom. The third-order valence-electron chi connectivity index (χ3n) is 10.3. The van der Waals surface area contributed by atoms with E-state index in [1.807, 2.05) is 6.08 Å². The predicted molar refractivity (Wildman–Crippen MR) is 270 cm³/mol. The molecule has 0 heterocycles. The molecule has 6 heteroatoms. The van der Waals surface area contributed by atoms with Gasteiger partial charge in [0.15, 0.2) is 6.10 Å². The molecule has 0 saturated carbocycles. The second-order valence-corrected chi connectivity index (χ2v) is 16.4. The van der Waals surface area contributed by atoms with Crippen molar-refractivity contribution < 1.29 is 28.6 Å². The van der Waals surface area contributed by atoms with E-state index in [-0.39, 0.29) is 31.6 Å². The van der Waals surface area contributed by atoms with E-state index in [1.54, 1.807) is 6.08 Å². The van der Waals surface area contributed by atoms with Crippen molar-refractivity contribution in [2.75, 3.05) is 13.2 Å². The molecule has 63 heavy (non-hydrogen) atoms. The van der Waals surface area contributed by atoms with E-state index in [0.717, 1.165) is 116 Å². The molecule has 0 bridgehead atoms. The molecule has 0 aliphatic carbocycles. The lowest BCUT2D eigenvalue weighted by Crippen LogP contribution is -2.30. The van der Waals surface area contributed by atoms with E-state index in [2.05, 4.69) is 118 Å². The summed E-state index contributed by atoms with van der Waals surface area (Å²) in [6, 6.07) is 0. The fraction of sp³-hybridized carbons (Fsp3) is 0.632. The van der Waals surface area contributed by atoms with Gasteiger partial charge in [-0.1, -0.05) is 201 Å². The zero-order chi connectivity index (χ0) is 45.8. The Morgan fingerprint density at radius 1 is 0.349 bits per heavy atom. The number of ether oxygens (including phenoxy) is 3. The monoisotopic (exact) mass is 873 g/mol. The van der Waals surface area contributed by atoms with E-state index in [1.165, 1.54) is 51.4 Å². The summed E-state index contributed by atoms with van der Waals surface area (Å²) < 4.78 is 16.6. The van der Waals surface area contributed by atoms with Gasteiger partial charge >= 0.3 is 17.9 Å². The zero-order valence-electron chi connectivity index (χ0n) is 40.5. The highest BCUT2D eigenvalue weighted by molar-refractivity contribution is 5.72. The Bertz CT molecular complexity index is 1330. The van der Waals surface area contributed by atoms with E-state index < -0.39 is 12.1 Å². The first-order chi connectivity index (χ1) is 31.0. The maximum Gasteiger partial charge on any atom is 0.310 e. The van der Waals surface area contributed by atoms with Crippen molar-refractivity contribution in [2.24, 2.45) is 0 Å². The molecule has 0 aliphatic rings. The molecule has 356 valence electrons. The quantitative estimate of drug-likeness (QED) is 0.0263. The van der Waals surface area contributed by atoms with Gasteiger partial charge in [0.25, 0.3) is 0 Å². The summed E-state index contributed by atoms with van der Waals surface area (Å²) in [4.78, 5) is 37.9. The average molecular weight is 873 g/mol. The number of hydrogen-bond acceptors (Lipinski definition) is 6. The minimum atomic E-state index is -0.845. The number of carbonyl (C=O) groups excluding carboxylic acids is 3. The predicted octanol–water partition coefficient (Wildman–Crippen LogP) is 16.8. The van der Waals surface area contributed by atoms with Crippen LogP contribution in [0.5, 0.6) is 0 Å². The van der Waals surface area contributed by atoms with E-state index >= 15 is 0 Å². The van der Waals surface area contributed by atoms with Gasteiger partial charge < -0.3 is 14.2 Å². The fourth-order valence-corrected chi connectivity index (χ4v) is 6.44. The molecule has 0 rings (SSSR count). The second-order valence-electron chi connectivity index (χ2n) is 16.4. The molecule has 0 radical (unpaired) electrons. The maximum atomic E-state index is 12.7. The Balaban J connectivity index is 4.57. The number of hydrogen-bond donors (Lipinski definition) is 0. The molecule has 0 N–H and O–H groups in total. The Morgan fingerprint density at radius 3 is 1.10 bits per heavy atom. The third-order valence-corrected chi connectivity index (χ3v) is 10.3. The molecule has 0 aliphatic heterocycles. The van der Waals surface area contributed by atoms with Crippen molar-refractivity contribution in [2.45, 2.75) is 219 Å². The molecular formula is C57H92O6. The second kappa shape index (κ2) is 50.7. The van der Waals surface area contributed by atoms with Crippen molar-refractivity contribution in [3.05, 3.63) is 109 Å². The molecule has 1 atom stereocenters. The lowest BCUT2D eigenvalue weighted by molar-refractivity contribution is -0.166. The van der Waals surface area contributed by atoms with Gasteiger partial charge in [0.1, 0.15) is 13.2 Å². The van der Waals surface area contributed by atoms with Crippen molar-refractivity contribution >= 4 is 17.9 Å². The number of unbranched alkanes of at least 4 members (excludes halogenated alkanes) is 16. The molecular weight excluding hydrogens is 781 g/mol. The van der Waals surface area contributed by atoms with Crippen LogP contribution in [-0.4, -0.2) is 37.2 Å². The maximum absolute atomic E-state index is 12.7. The largest absolute Gasteiger partial charge is 0.462 e. The smallest absolute Gasteiger partial charge is 0.310 e. The standard InChI is InChI=1S/C57H92O6/c1-4-7-10-13-16-19-22-25-28-30-32-35-38-41-44-47-50-56(59)62-53-54(52-61-55(58)49-46-43-40-37-34-31-27-24-21-18-15-12-9-6-3)63-57(60)51-48-45-42-39-36-33-29-26-23-20-17-14-11-8-5-2/h8,11,15,17-20,22,24,26-30,36,39,45,48,54H,4-7,9-10,12-14,16,21,23,25,31-35,37-38,40-44,46-47,49-53H2,1-3H3/b11-8-,18-15-,20-17-,22-19-,27-24-,29-26-,30-28-,39-36-,48-45-. The summed E-state index contributed by atoms with van der Waals surface area (Å²) in [5.74, 6) is -1.09. The van der Waals surface area contributed by atoms with Gasteiger partial charge in [-0.2, -0.15) is 0 Å². The van der Waals surface area contributed by atoms with Gasteiger partial charge in [-0.15, -0.1) is 0 Å². The van der Waals surface area contributed by atoms with Gasteiger partial charge in [-0.05, 0) is 103 Å². The van der Waals surface area contributed by atoms with Crippen molar-refractivity contribution in [1.29, 1.82) is 0 Å². The summed E-state index contributed by atoms with van der Waals surface area (Å²) in [6.07, 6.45) is 68.0. The number of carbonyl (C=O) groups is 3. The fourth-order valence-electron chi connectivity index (χ4n) is 6.44. The molecule has 1 unspecified atom stereocenters. The van der Waals surface area contributed by atoms with Crippen molar-refractivity contribution in [1.82, 2.24) is 0 Å². The first-order valence-electron chi connectivity index (χ1n) is 25.4. The Labute approximate surface area is 387 Å². The van der Waals surface area contributed by atoms with Crippen LogP contribution in [0.2, 0.25) is 0 Å². The summed E-state index contributed by atoms with van der Waals surface area (Å²) in [6.45, 7) is 6.34. The highest BCUT2D eigenvalue weighted by Gasteiger charge is 2.19. The molecule has 0 fully saturated rings. The van der Waals surface area contributed by atoms with Crippen LogP contribution < -0.4 is 0 Å². The average Bonchev–Trinajstić information content (AvgIpc) is 3.28. The summed E-state index contributed by atoms with van der Waals surface area (Å²) in [5, 5.41) is 0. The van der Waals surface area contributed by atoms with E-state index in [0.29, 0.717) is 19.3 Å². The van der Waals surface area contributed by atoms with Crippen LogP contribution in [0.3, 0.4) is 0 Å². The zero-order valence-corrected chi connectivity index (χ0v) is 40.5. The van der Waals surface area contributed by atoms with Crippen molar-refractivity contribution in [3.8, 4) is 0 Å². The van der Waals surface area contributed by atoms with Gasteiger partial charge in [0, 0.05) is 12.8 Å². The normalized spacial score (nSPS) is 13.0. The highest BCUT2D eigenvalue weighted by Crippen LogP contribution is 2.12. The third kappa shape index (κ3) is 49.0. The molecule has 0 aromatic rings. The van der Waals surface area contributed by atoms with Gasteiger partial charge in [-0.3, -0.25) is 14.4 Å². The topological polar surface area (TPSA) is 78.9 Å². The lowest BCUT2D eigenvalue weighted by atomic mass is 10.1. The van der Waals surface area contributed by atoms with Crippen LogP contribution in [0, 0.1) is 0 Å². The number of allylic oxidation sites excluding steroid dienone is 17. The lowest BCUT2D eigenvalue weighted by Gasteiger charge is -2.18. The highest BCUT2D eigenvalue weighted by atomic mass is 16.6. The number of rotatable bonds is 44. The first kappa shape index (κ1) is 59.1. The summed E-state index contributed by atoms with van der Waals surface area (Å²) in [5.41, 5.74) is 0. The molecule has 0 spiro atoms. The number of esters is 3. The Kier molecular flexibility index (Phi) is 47.5. The van der Waals surface area contributed by atoms with Crippen LogP contribution in [-0.2, 0) is 28.6 Å². The summed E-state index contributed by atoms with van der Waals surface area (Å²) in [7, 11) is 0. The van der Waals surface area contributed by atoms with Crippen molar-refractivity contribution in [3.63, 3.8) is 0 Å². The van der Waals surface area contributed by atoms with Gasteiger partial charge in [0.05, 0.1) is 6.42 Å². The van der Waals surface area contributed by atoms with E-state index in [4.69, 9.17) is 14.2 Å². The molecule has 6 nitrogen and oxygen atoms in total. The molecule has 0 amide bonds. The summed E-state index contributed by atoms with van der Waals surface area (Å²) >= 11 is 0. The van der Waals surface area contributed by atoms with E-state index in [9.17, 15) is 14.4 Å². The molecule has 0 saturated heterocycles. The van der Waals surface area contributed by atoms with Crippen LogP contribution in [0.4, 0.5) is 0 Å². The van der Waals surface area contributed by atoms with Crippen LogP contribution in [0.25, 0.3) is 0 Å². The molecule has 0 aromatic heterocycles. The molecule has 0 aromatic carbocycles. The minimum Gasteiger partial charge on any atom is -0.462 e. The minimum absolute atomic E-state index is 0.0871. The van der Waals surface area contributed by atoms with Crippen LogP contribution in [0.15, 0.2) is 109 Å². The first-order valence-corrected chi connectivity index (χ1v) is 25.4.